The molecule has 0 amide bonds. The van der Waals surface area contributed by atoms with Gasteiger partial charge in [-0.25, -0.2) is 4.79 Å². The van der Waals surface area contributed by atoms with Gasteiger partial charge in [-0.05, 0) is 18.2 Å². The van der Waals surface area contributed by atoms with Gasteiger partial charge in [-0.15, -0.1) is 0 Å². The van der Waals surface area contributed by atoms with Gasteiger partial charge in [0.2, 0.25) is 0 Å². The SMILES string of the molecule is COC(=O)/C=C/[C@@]1(O)C=CC(=O)C[C@H]1O. The van der Waals surface area contributed by atoms with Crippen molar-refractivity contribution < 1.29 is 24.5 Å². The molecule has 0 bridgehead atoms. The van der Waals surface area contributed by atoms with Crippen molar-refractivity contribution in [3.05, 3.63) is 24.3 Å². The fourth-order valence-electron chi connectivity index (χ4n) is 1.20. The number of carbonyl (C=O) groups is 2. The Hall–Kier alpha value is -1.46. The van der Waals surface area contributed by atoms with Gasteiger partial charge in [-0.3, -0.25) is 4.79 Å². The van der Waals surface area contributed by atoms with Gasteiger partial charge in [0.1, 0.15) is 5.60 Å². The van der Waals surface area contributed by atoms with E-state index in [1.54, 1.807) is 0 Å². The molecule has 0 unspecified atom stereocenters. The van der Waals surface area contributed by atoms with E-state index >= 15 is 0 Å². The third-order valence-corrected chi connectivity index (χ3v) is 2.15. The second kappa shape index (κ2) is 4.37. The molecule has 0 aromatic rings. The van der Waals surface area contributed by atoms with Crippen molar-refractivity contribution in [1.82, 2.24) is 0 Å². The number of hydrogen-bond acceptors (Lipinski definition) is 5. The Bertz CT molecular complexity index is 331. The van der Waals surface area contributed by atoms with E-state index in [0.29, 0.717) is 0 Å². The minimum atomic E-state index is -1.68. The van der Waals surface area contributed by atoms with Crippen LogP contribution in [0.25, 0.3) is 0 Å². The number of hydrogen-bond donors (Lipinski definition) is 2. The number of esters is 1. The molecule has 2 atom stereocenters. The third-order valence-electron chi connectivity index (χ3n) is 2.15. The molecular formula is C10H12O5. The summed E-state index contributed by atoms with van der Waals surface area (Å²) in [4.78, 5) is 21.7. The Morgan fingerprint density at radius 2 is 2.40 bits per heavy atom. The number of aliphatic hydroxyl groups is 2. The van der Waals surface area contributed by atoms with E-state index in [9.17, 15) is 19.8 Å². The lowest BCUT2D eigenvalue weighted by atomic mass is 9.87. The van der Waals surface area contributed by atoms with Crippen LogP contribution in [0.15, 0.2) is 24.3 Å². The second-order valence-corrected chi connectivity index (χ2v) is 3.26. The van der Waals surface area contributed by atoms with Gasteiger partial charge in [0.15, 0.2) is 5.78 Å². The molecule has 2 N–H and O–H groups in total. The van der Waals surface area contributed by atoms with E-state index in [-0.39, 0.29) is 12.2 Å². The molecule has 0 aromatic carbocycles. The van der Waals surface area contributed by atoms with E-state index < -0.39 is 17.7 Å². The van der Waals surface area contributed by atoms with Crippen molar-refractivity contribution in [2.24, 2.45) is 0 Å². The number of ketones is 1. The van der Waals surface area contributed by atoms with Crippen molar-refractivity contribution in [1.29, 1.82) is 0 Å². The molecule has 5 nitrogen and oxygen atoms in total. The maximum atomic E-state index is 10.9. The van der Waals surface area contributed by atoms with Crippen LogP contribution < -0.4 is 0 Å². The summed E-state index contributed by atoms with van der Waals surface area (Å²) in [7, 11) is 1.20. The zero-order valence-electron chi connectivity index (χ0n) is 8.21. The van der Waals surface area contributed by atoms with Gasteiger partial charge in [-0.2, -0.15) is 0 Å². The van der Waals surface area contributed by atoms with Crippen LogP contribution in [0.2, 0.25) is 0 Å². The molecule has 0 aromatic heterocycles. The van der Waals surface area contributed by atoms with E-state index in [4.69, 9.17) is 0 Å². The molecule has 0 spiro atoms. The molecule has 1 aliphatic rings. The van der Waals surface area contributed by atoms with Gasteiger partial charge in [0.05, 0.1) is 13.2 Å². The van der Waals surface area contributed by atoms with E-state index in [0.717, 1.165) is 18.2 Å². The highest BCUT2D eigenvalue weighted by molar-refractivity contribution is 5.91. The minimum Gasteiger partial charge on any atom is -0.466 e. The Labute approximate surface area is 86.7 Å². The lowest BCUT2D eigenvalue weighted by molar-refractivity contribution is -0.135. The zero-order chi connectivity index (χ0) is 11.5. The normalized spacial score (nSPS) is 30.9. The molecule has 1 aliphatic carbocycles. The van der Waals surface area contributed by atoms with E-state index in [2.05, 4.69) is 4.74 Å². The first-order valence-electron chi connectivity index (χ1n) is 4.37. The van der Waals surface area contributed by atoms with Crippen molar-refractivity contribution in [2.75, 3.05) is 7.11 Å². The number of ether oxygens (including phenoxy) is 1. The maximum Gasteiger partial charge on any atom is 0.330 e. The summed E-state index contributed by atoms with van der Waals surface area (Å²) in [6.45, 7) is 0. The van der Waals surface area contributed by atoms with Crippen LogP contribution >= 0.6 is 0 Å². The Balaban J connectivity index is 2.82. The van der Waals surface area contributed by atoms with Gasteiger partial charge >= 0.3 is 5.97 Å². The first-order valence-corrected chi connectivity index (χ1v) is 4.37. The number of allylic oxidation sites excluding steroid dienone is 1. The standard InChI is InChI=1S/C10H12O5/c1-15-9(13)3-5-10(14)4-2-7(11)6-8(10)12/h2-5,8,12,14H,6H2,1H3/b5-3+/t8-,10+/m1/s1. The quantitative estimate of drug-likeness (QED) is 0.469. The summed E-state index contributed by atoms with van der Waals surface area (Å²) in [5.41, 5.74) is -1.68. The summed E-state index contributed by atoms with van der Waals surface area (Å²) in [5, 5.41) is 19.3. The second-order valence-electron chi connectivity index (χ2n) is 3.26. The van der Waals surface area contributed by atoms with Crippen LogP contribution in [0.5, 0.6) is 0 Å². The van der Waals surface area contributed by atoms with Crippen molar-refractivity contribution in [3.8, 4) is 0 Å². The maximum absolute atomic E-state index is 10.9. The number of carbonyl (C=O) groups excluding carboxylic acids is 2. The fraction of sp³-hybridized carbons (Fsp3) is 0.400. The Morgan fingerprint density at radius 3 is 2.93 bits per heavy atom. The molecule has 0 heterocycles. The van der Waals surface area contributed by atoms with Gasteiger partial charge in [0, 0.05) is 12.5 Å². The number of methoxy groups -OCH3 is 1. The van der Waals surface area contributed by atoms with Crippen LogP contribution in [0, 0.1) is 0 Å². The van der Waals surface area contributed by atoms with Crippen LogP contribution in [0.4, 0.5) is 0 Å². The van der Waals surface area contributed by atoms with Gasteiger partial charge in [-0.1, -0.05) is 0 Å². The van der Waals surface area contributed by atoms with Crippen molar-refractivity contribution in [2.45, 2.75) is 18.1 Å². The molecule has 5 heteroatoms. The Morgan fingerprint density at radius 1 is 1.73 bits per heavy atom. The predicted octanol–water partition coefficient (Wildman–Crippen LogP) is -0.663. The first-order chi connectivity index (χ1) is 6.98. The summed E-state index contributed by atoms with van der Waals surface area (Å²) < 4.78 is 4.33. The highest BCUT2D eigenvalue weighted by atomic mass is 16.5. The summed E-state index contributed by atoms with van der Waals surface area (Å²) in [6.07, 6.45) is 3.03. The number of rotatable bonds is 2. The van der Waals surface area contributed by atoms with Crippen LogP contribution in [0.3, 0.4) is 0 Å². The predicted molar refractivity (Wildman–Crippen MR) is 50.9 cm³/mol. The van der Waals surface area contributed by atoms with E-state index in [1.807, 2.05) is 0 Å². The molecule has 0 saturated heterocycles. The average molecular weight is 212 g/mol. The summed E-state index contributed by atoms with van der Waals surface area (Å²) >= 11 is 0. The molecule has 82 valence electrons. The van der Waals surface area contributed by atoms with Crippen LogP contribution in [-0.4, -0.2) is 40.8 Å². The average Bonchev–Trinajstić information content (AvgIpc) is 2.21. The largest absolute Gasteiger partial charge is 0.466 e. The molecular weight excluding hydrogens is 200 g/mol. The van der Waals surface area contributed by atoms with Crippen molar-refractivity contribution in [3.63, 3.8) is 0 Å². The van der Waals surface area contributed by atoms with Crippen molar-refractivity contribution >= 4 is 11.8 Å². The lowest BCUT2D eigenvalue weighted by Gasteiger charge is -2.28. The van der Waals surface area contributed by atoms with Gasteiger partial charge < -0.3 is 14.9 Å². The fourth-order valence-corrected chi connectivity index (χ4v) is 1.20. The first kappa shape index (κ1) is 11.6. The molecule has 0 radical (unpaired) electrons. The molecule has 0 aliphatic heterocycles. The summed E-state index contributed by atoms with van der Waals surface area (Å²) in [5.74, 6) is -0.903. The Kier molecular flexibility index (Phi) is 3.39. The lowest BCUT2D eigenvalue weighted by Crippen LogP contribution is -2.42. The molecule has 0 saturated carbocycles. The molecule has 15 heavy (non-hydrogen) atoms. The summed E-state index contributed by atoms with van der Waals surface area (Å²) in [6, 6.07) is 0. The molecule has 1 rings (SSSR count). The van der Waals surface area contributed by atoms with Crippen LogP contribution in [-0.2, 0) is 14.3 Å². The minimum absolute atomic E-state index is 0.168. The van der Waals surface area contributed by atoms with E-state index in [1.165, 1.54) is 13.2 Å². The zero-order valence-corrected chi connectivity index (χ0v) is 8.21. The smallest absolute Gasteiger partial charge is 0.330 e. The van der Waals surface area contributed by atoms with Gasteiger partial charge in [0.25, 0.3) is 0 Å². The third kappa shape index (κ3) is 2.74. The topological polar surface area (TPSA) is 83.8 Å². The number of aliphatic hydroxyl groups excluding tert-OH is 1. The van der Waals surface area contributed by atoms with Crippen LogP contribution in [0.1, 0.15) is 6.42 Å². The molecule has 0 fully saturated rings. The highest BCUT2D eigenvalue weighted by Gasteiger charge is 2.34. The highest BCUT2D eigenvalue weighted by Crippen LogP contribution is 2.22. The monoisotopic (exact) mass is 212 g/mol.